The number of nitro groups is 2. The Morgan fingerprint density at radius 2 is 1.47 bits per heavy atom. The lowest BCUT2D eigenvalue weighted by Gasteiger charge is -2.52. The third kappa shape index (κ3) is 2.60. The monoisotopic (exact) mass is 410 g/mol. The van der Waals surface area contributed by atoms with E-state index in [1.165, 1.54) is 6.92 Å². The van der Waals surface area contributed by atoms with Gasteiger partial charge in [0.1, 0.15) is 17.3 Å². The topological polar surface area (TPSA) is 124 Å². The average Bonchev–Trinajstić information content (AvgIpc) is 2.97. The van der Waals surface area contributed by atoms with Crippen LogP contribution in [0.25, 0.3) is 0 Å². The Bertz CT molecular complexity index is 997. The van der Waals surface area contributed by atoms with Crippen molar-refractivity contribution in [1.82, 2.24) is 0 Å². The Balaban J connectivity index is 2.05. The van der Waals surface area contributed by atoms with Gasteiger partial charge in [0.25, 0.3) is 6.04 Å². The van der Waals surface area contributed by atoms with Gasteiger partial charge in [0.05, 0.1) is 11.3 Å². The largest absolute Gasteiger partial charge is 0.382 e. The summed E-state index contributed by atoms with van der Waals surface area (Å²) in [5, 5.41) is 36.4. The number of Topliss-reactive ketones (excluding diaryl/α,β-unsaturated/α-hetero) is 1. The molecule has 0 amide bonds. The molecule has 0 aliphatic heterocycles. The third-order valence-corrected chi connectivity index (χ3v) is 7.19. The molecular formula is C22H22N2O6. The number of benzene rings is 2. The van der Waals surface area contributed by atoms with E-state index in [0.29, 0.717) is 11.1 Å². The quantitative estimate of drug-likeness (QED) is 0.610. The lowest BCUT2D eigenvalue weighted by Crippen LogP contribution is -2.69. The van der Waals surface area contributed by atoms with E-state index in [9.17, 15) is 30.1 Å². The summed E-state index contributed by atoms with van der Waals surface area (Å²) in [4.78, 5) is 36.6. The molecule has 0 saturated heterocycles. The SMILES string of the molecule is C[C@@]12C(=O)CC[C@]1(O)[C@@H]([N+](=O)[O-])[C@H](c1ccccc1)[C@H]([N+](=O)[O-])[C@@H]2c1ccccc1. The molecule has 6 atom stereocenters. The molecule has 2 fully saturated rings. The minimum Gasteiger partial charge on any atom is -0.382 e. The minimum absolute atomic E-state index is 0.0490. The molecule has 8 heteroatoms. The van der Waals surface area contributed by atoms with Crippen LogP contribution in [0.3, 0.4) is 0 Å². The lowest BCUT2D eigenvalue weighted by molar-refractivity contribution is -0.599. The minimum atomic E-state index is -2.00. The fourth-order valence-electron chi connectivity index (χ4n) is 5.80. The second kappa shape index (κ2) is 6.98. The van der Waals surface area contributed by atoms with Crippen molar-refractivity contribution in [1.29, 1.82) is 0 Å². The van der Waals surface area contributed by atoms with Gasteiger partial charge in [-0.25, -0.2) is 0 Å². The number of aliphatic hydroxyl groups is 1. The maximum atomic E-state index is 13.1. The number of ketones is 1. The van der Waals surface area contributed by atoms with Gasteiger partial charge in [0, 0.05) is 16.3 Å². The molecule has 30 heavy (non-hydrogen) atoms. The standard InChI is InChI=1S/C22H22N2O6/c1-21-16(25)12-13-22(21,26)20(24(29)30)17(14-8-4-2-5-9-14)19(23(27)28)18(21)15-10-6-3-7-11-15/h2-11,17-20,26H,12-13H2,1H3/t17-,18+,19+,20+,21+,22+/m1/s1. The van der Waals surface area contributed by atoms with E-state index in [-0.39, 0.29) is 18.6 Å². The summed E-state index contributed by atoms with van der Waals surface area (Å²) in [6, 6.07) is 13.7. The summed E-state index contributed by atoms with van der Waals surface area (Å²) in [5.74, 6) is -2.57. The van der Waals surface area contributed by atoms with Crippen LogP contribution < -0.4 is 0 Å². The van der Waals surface area contributed by atoms with Crippen LogP contribution in [-0.2, 0) is 4.79 Å². The molecule has 0 unspecified atom stereocenters. The number of hydrogen-bond acceptors (Lipinski definition) is 6. The zero-order valence-electron chi connectivity index (χ0n) is 16.4. The number of carbonyl (C=O) groups is 1. The van der Waals surface area contributed by atoms with Crippen molar-refractivity contribution in [3.05, 3.63) is 92.0 Å². The van der Waals surface area contributed by atoms with Crippen LogP contribution in [0.5, 0.6) is 0 Å². The predicted octanol–water partition coefficient (Wildman–Crippen LogP) is 2.96. The fraction of sp³-hybridized carbons (Fsp3) is 0.409. The average molecular weight is 410 g/mol. The van der Waals surface area contributed by atoms with Gasteiger partial charge in [-0.1, -0.05) is 60.7 Å². The number of carbonyl (C=O) groups excluding carboxylic acids is 1. The Morgan fingerprint density at radius 3 is 1.97 bits per heavy atom. The molecule has 0 radical (unpaired) electrons. The van der Waals surface area contributed by atoms with Gasteiger partial charge in [-0.05, 0) is 24.5 Å². The van der Waals surface area contributed by atoms with E-state index in [0.717, 1.165) is 0 Å². The highest BCUT2D eigenvalue weighted by Crippen LogP contribution is 2.63. The normalized spacial score (nSPS) is 35.6. The zero-order valence-corrected chi connectivity index (χ0v) is 16.4. The van der Waals surface area contributed by atoms with E-state index in [4.69, 9.17) is 0 Å². The Labute approximate surface area is 172 Å². The fourth-order valence-corrected chi connectivity index (χ4v) is 5.80. The highest BCUT2D eigenvalue weighted by molar-refractivity contribution is 5.90. The number of hydrogen-bond donors (Lipinski definition) is 1. The Hall–Kier alpha value is -3.13. The van der Waals surface area contributed by atoms with E-state index in [2.05, 4.69) is 0 Å². The van der Waals surface area contributed by atoms with Crippen LogP contribution in [0, 0.1) is 25.6 Å². The van der Waals surface area contributed by atoms with E-state index in [1.54, 1.807) is 60.7 Å². The van der Waals surface area contributed by atoms with E-state index in [1.807, 2.05) is 0 Å². The van der Waals surface area contributed by atoms with Crippen molar-refractivity contribution in [2.24, 2.45) is 5.41 Å². The number of fused-ring (bicyclic) bond motifs is 1. The zero-order chi connectivity index (χ0) is 21.7. The lowest BCUT2D eigenvalue weighted by atomic mass is 9.50. The van der Waals surface area contributed by atoms with Crippen LogP contribution in [0.2, 0.25) is 0 Å². The highest BCUT2D eigenvalue weighted by Gasteiger charge is 2.78. The molecular weight excluding hydrogens is 388 g/mol. The molecule has 8 nitrogen and oxygen atoms in total. The first-order chi connectivity index (χ1) is 14.2. The molecule has 156 valence electrons. The first-order valence-electron chi connectivity index (χ1n) is 9.86. The van der Waals surface area contributed by atoms with Crippen molar-refractivity contribution in [2.45, 2.75) is 49.3 Å². The Kier molecular flexibility index (Phi) is 4.69. The van der Waals surface area contributed by atoms with Crippen molar-refractivity contribution in [2.75, 3.05) is 0 Å². The van der Waals surface area contributed by atoms with Gasteiger partial charge in [0.2, 0.25) is 6.04 Å². The maximum Gasteiger partial charge on any atom is 0.255 e. The first-order valence-corrected chi connectivity index (χ1v) is 9.86. The van der Waals surface area contributed by atoms with Crippen molar-refractivity contribution >= 4 is 5.78 Å². The number of nitrogens with zero attached hydrogens (tertiary/aromatic N) is 2. The summed E-state index contributed by atoms with van der Waals surface area (Å²) in [6.45, 7) is 1.47. The molecule has 2 saturated carbocycles. The molecule has 2 aromatic rings. The molecule has 0 bridgehead atoms. The summed E-state index contributed by atoms with van der Waals surface area (Å²) in [7, 11) is 0. The molecule has 4 rings (SSSR count). The molecule has 2 aliphatic carbocycles. The summed E-state index contributed by atoms with van der Waals surface area (Å²) >= 11 is 0. The summed E-state index contributed by atoms with van der Waals surface area (Å²) < 4.78 is 0. The number of rotatable bonds is 4. The third-order valence-electron chi connectivity index (χ3n) is 7.19. The summed E-state index contributed by atoms with van der Waals surface area (Å²) in [6.07, 6.45) is -0.141. The van der Waals surface area contributed by atoms with Gasteiger partial charge in [-0.2, -0.15) is 0 Å². The van der Waals surface area contributed by atoms with Crippen molar-refractivity contribution in [3.8, 4) is 0 Å². The molecule has 0 spiro atoms. The smallest absolute Gasteiger partial charge is 0.255 e. The molecule has 2 aromatic carbocycles. The van der Waals surface area contributed by atoms with Crippen LogP contribution >= 0.6 is 0 Å². The van der Waals surface area contributed by atoms with Gasteiger partial charge in [-0.15, -0.1) is 0 Å². The van der Waals surface area contributed by atoms with Crippen LogP contribution in [0.4, 0.5) is 0 Å². The van der Waals surface area contributed by atoms with Gasteiger partial charge in [0.15, 0.2) is 0 Å². The highest BCUT2D eigenvalue weighted by atomic mass is 16.6. The van der Waals surface area contributed by atoms with Gasteiger partial charge in [-0.3, -0.25) is 25.0 Å². The molecule has 1 N–H and O–H groups in total. The van der Waals surface area contributed by atoms with Crippen molar-refractivity contribution in [3.63, 3.8) is 0 Å². The van der Waals surface area contributed by atoms with E-state index >= 15 is 0 Å². The predicted molar refractivity (Wildman–Crippen MR) is 107 cm³/mol. The van der Waals surface area contributed by atoms with Crippen molar-refractivity contribution < 1.29 is 19.7 Å². The van der Waals surface area contributed by atoms with Gasteiger partial charge >= 0.3 is 0 Å². The second-order valence-electron chi connectivity index (χ2n) is 8.38. The Morgan fingerprint density at radius 1 is 0.933 bits per heavy atom. The first kappa shape index (κ1) is 20.2. The van der Waals surface area contributed by atoms with Crippen LogP contribution in [-0.4, -0.2) is 38.4 Å². The van der Waals surface area contributed by atoms with Crippen LogP contribution in [0.15, 0.2) is 60.7 Å². The molecule has 0 aromatic heterocycles. The summed E-state index contributed by atoms with van der Waals surface area (Å²) in [5.41, 5.74) is -2.70. The molecule has 0 heterocycles. The van der Waals surface area contributed by atoms with Gasteiger partial charge < -0.3 is 5.11 Å². The van der Waals surface area contributed by atoms with E-state index < -0.39 is 44.8 Å². The second-order valence-corrected chi connectivity index (χ2v) is 8.38. The molecule has 2 aliphatic rings. The van der Waals surface area contributed by atoms with Crippen LogP contribution in [0.1, 0.15) is 42.7 Å². The maximum absolute atomic E-state index is 13.1.